The van der Waals surface area contributed by atoms with Gasteiger partial charge in [-0.15, -0.1) is 11.8 Å². The lowest BCUT2D eigenvalue weighted by Gasteiger charge is -2.15. The van der Waals surface area contributed by atoms with Crippen LogP contribution in [0.4, 0.5) is 5.82 Å². The van der Waals surface area contributed by atoms with Crippen molar-refractivity contribution < 1.29 is 5.11 Å². The molecule has 1 aromatic rings. The number of hydrogen-bond acceptors (Lipinski definition) is 5. The summed E-state index contributed by atoms with van der Waals surface area (Å²) in [5.74, 6) is 1.87. The molecule has 20 heavy (non-hydrogen) atoms. The molecule has 0 aromatic carbocycles. The Morgan fingerprint density at radius 2 is 2.00 bits per heavy atom. The molecule has 114 valence electrons. The average molecular weight is 297 g/mol. The fraction of sp³-hybridized carbons (Fsp3) is 0.733. The summed E-state index contributed by atoms with van der Waals surface area (Å²) in [7, 11) is 0. The summed E-state index contributed by atoms with van der Waals surface area (Å²) in [5, 5.41) is 13.8. The Hall–Kier alpha value is -0.810. The molecule has 1 atom stereocenters. The molecule has 0 aliphatic heterocycles. The van der Waals surface area contributed by atoms with Crippen LogP contribution >= 0.6 is 11.8 Å². The minimum Gasteiger partial charge on any atom is -0.396 e. The zero-order chi connectivity index (χ0) is 15.0. The fourth-order valence-electron chi connectivity index (χ4n) is 1.84. The SMILES string of the molecule is CCCNc1nc(CCC)nc(SC(C)CCO)c1C. The third-order valence-corrected chi connectivity index (χ3v) is 4.27. The Balaban J connectivity index is 2.97. The minimum atomic E-state index is 0.223. The van der Waals surface area contributed by atoms with Crippen molar-refractivity contribution in [2.45, 2.75) is 63.7 Å². The molecule has 1 unspecified atom stereocenters. The van der Waals surface area contributed by atoms with E-state index in [0.717, 1.165) is 54.5 Å². The van der Waals surface area contributed by atoms with Gasteiger partial charge in [0.25, 0.3) is 0 Å². The van der Waals surface area contributed by atoms with Gasteiger partial charge in [0.15, 0.2) is 0 Å². The molecule has 5 heteroatoms. The Labute approximate surface area is 126 Å². The Morgan fingerprint density at radius 3 is 2.60 bits per heavy atom. The van der Waals surface area contributed by atoms with Crippen LogP contribution in [0, 0.1) is 6.92 Å². The first kappa shape index (κ1) is 17.2. The molecule has 1 rings (SSSR count). The second-order valence-corrected chi connectivity index (χ2v) is 6.46. The van der Waals surface area contributed by atoms with Crippen molar-refractivity contribution in [1.82, 2.24) is 9.97 Å². The summed E-state index contributed by atoms with van der Waals surface area (Å²) < 4.78 is 0. The van der Waals surface area contributed by atoms with Crippen LogP contribution in [0.2, 0.25) is 0 Å². The number of aryl methyl sites for hydroxylation is 1. The molecule has 0 aliphatic carbocycles. The fourth-order valence-corrected chi connectivity index (χ4v) is 2.87. The maximum Gasteiger partial charge on any atom is 0.133 e. The predicted octanol–water partition coefficient (Wildman–Crippen LogP) is 3.42. The van der Waals surface area contributed by atoms with E-state index in [2.05, 4.69) is 43.0 Å². The summed E-state index contributed by atoms with van der Waals surface area (Å²) in [6, 6.07) is 0. The van der Waals surface area contributed by atoms with Crippen LogP contribution in [-0.2, 0) is 6.42 Å². The quantitative estimate of drug-likeness (QED) is 0.540. The summed E-state index contributed by atoms with van der Waals surface area (Å²) in [5.41, 5.74) is 1.12. The predicted molar refractivity (Wildman–Crippen MR) is 86.6 cm³/mol. The van der Waals surface area contributed by atoms with Gasteiger partial charge < -0.3 is 10.4 Å². The average Bonchev–Trinajstić information content (AvgIpc) is 2.41. The van der Waals surface area contributed by atoms with Gasteiger partial charge in [-0.3, -0.25) is 0 Å². The zero-order valence-electron chi connectivity index (χ0n) is 13.1. The van der Waals surface area contributed by atoms with E-state index in [1.807, 2.05) is 0 Å². The lowest BCUT2D eigenvalue weighted by atomic mass is 10.3. The second-order valence-electron chi connectivity index (χ2n) is 5.04. The number of anilines is 1. The Morgan fingerprint density at radius 1 is 1.25 bits per heavy atom. The van der Waals surface area contributed by atoms with Crippen molar-refractivity contribution in [3.8, 4) is 0 Å². The van der Waals surface area contributed by atoms with Crippen molar-refractivity contribution in [2.75, 3.05) is 18.5 Å². The Bertz CT molecular complexity index is 412. The van der Waals surface area contributed by atoms with Gasteiger partial charge in [-0.1, -0.05) is 20.8 Å². The smallest absolute Gasteiger partial charge is 0.133 e. The summed E-state index contributed by atoms with van der Waals surface area (Å²) in [6.07, 6.45) is 3.82. The van der Waals surface area contributed by atoms with Crippen molar-refractivity contribution >= 4 is 17.6 Å². The molecule has 0 saturated heterocycles. The van der Waals surface area contributed by atoms with Crippen molar-refractivity contribution in [3.05, 3.63) is 11.4 Å². The number of hydrogen-bond donors (Lipinski definition) is 2. The van der Waals surface area contributed by atoms with Gasteiger partial charge in [-0.2, -0.15) is 0 Å². The minimum absolute atomic E-state index is 0.223. The van der Waals surface area contributed by atoms with Crippen LogP contribution in [-0.4, -0.2) is 33.5 Å². The van der Waals surface area contributed by atoms with Gasteiger partial charge in [0.1, 0.15) is 16.7 Å². The highest BCUT2D eigenvalue weighted by atomic mass is 32.2. The molecule has 4 nitrogen and oxygen atoms in total. The highest BCUT2D eigenvalue weighted by Gasteiger charge is 2.13. The van der Waals surface area contributed by atoms with E-state index >= 15 is 0 Å². The molecular formula is C15H27N3OS. The summed E-state index contributed by atoms with van der Waals surface area (Å²) in [4.78, 5) is 9.31. The first-order valence-electron chi connectivity index (χ1n) is 7.51. The summed E-state index contributed by atoms with van der Waals surface area (Å²) >= 11 is 1.73. The van der Waals surface area contributed by atoms with E-state index in [1.54, 1.807) is 11.8 Å². The van der Waals surface area contributed by atoms with Crippen LogP contribution in [0.15, 0.2) is 5.03 Å². The molecule has 0 radical (unpaired) electrons. The van der Waals surface area contributed by atoms with E-state index in [9.17, 15) is 0 Å². The standard InChI is InChI=1S/C15H27N3OS/c1-5-7-13-17-14(16-9-6-2)12(4)15(18-13)20-11(3)8-10-19/h11,19H,5-10H2,1-4H3,(H,16,17,18). The highest BCUT2D eigenvalue weighted by molar-refractivity contribution is 7.99. The highest BCUT2D eigenvalue weighted by Crippen LogP contribution is 2.29. The van der Waals surface area contributed by atoms with Gasteiger partial charge in [-0.25, -0.2) is 9.97 Å². The maximum absolute atomic E-state index is 9.04. The molecule has 0 fully saturated rings. The monoisotopic (exact) mass is 297 g/mol. The molecule has 0 spiro atoms. The van der Waals surface area contributed by atoms with Crippen LogP contribution in [0.3, 0.4) is 0 Å². The van der Waals surface area contributed by atoms with Crippen LogP contribution in [0.25, 0.3) is 0 Å². The van der Waals surface area contributed by atoms with Crippen molar-refractivity contribution in [2.24, 2.45) is 0 Å². The number of rotatable bonds is 9. The van der Waals surface area contributed by atoms with Crippen molar-refractivity contribution in [3.63, 3.8) is 0 Å². The first-order valence-corrected chi connectivity index (χ1v) is 8.39. The van der Waals surface area contributed by atoms with E-state index in [4.69, 9.17) is 5.11 Å². The second kappa shape index (κ2) is 9.19. The number of aliphatic hydroxyl groups excluding tert-OH is 1. The topological polar surface area (TPSA) is 58.0 Å². The van der Waals surface area contributed by atoms with Crippen LogP contribution in [0.1, 0.15) is 51.4 Å². The van der Waals surface area contributed by atoms with Gasteiger partial charge in [0.2, 0.25) is 0 Å². The third kappa shape index (κ3) is 5.29. The van der Waals surface area contributed by atoms with Crippen molar-refractivity contribution in [1.29, 1.82) is 0 Å². The van der Waals surface area contributed by atoms with E-state index < -0.39 is 0 Å². The number of aliphatic hydroxyl groups is 1. The van der Waals surface area contributed by atoms with Gasteiger partial charge in [0.05, 0.1) is 0 Å². The molecule has 1 aromatic heterocycles. The van der Waals surface area contributed by atoms with Gasteiger partial charge in [-0.05, 0) is 26.2 Å². The molecule has 2 N–H and O–H groups in total. The normalized spacial score (nSPS) is 12.4. The lowest BCUT2D eigenvalue weighted by Crippen LogP contribution is -2.10. The maximum atomic E-state index is 9.04. The third-order valence-electron chi connectivity index (χ3n) is 3.01. The molecule has 1 heterocycles. The van der Waals surface area contributed by atoms with E-state index in [1.165, 1.54) is 0 Å². The lowest BCUT2D eigenvalue weighted by molar-refractivity contribution is 0.289. The van der Waals surface area contributed by atoms with Crippen LogP contribution in [0.5, 0.6) is 0 Å². The molecule has 0 bridgehead atoms. The zero-order valence-corrected chi connectivity index (χ0v) is 13.9. The van der Waals surface area contributed by atoms with Gasteiger partial charge >= 0.3 is 0 Å². The number of thioether (sulfide) groups is 1. The molecular weight excluding hydrogens is 270 g/mol. The Kier molecular flexibility index (Phi) is 7.92. The van der Waals surface area contributed by atoms with E-state index in [-0.39, 0.29) is 6.61 Å². The number of nitrogens with zero attached hydrogens (tertiary/aromatic N) is 2. The molecule has 0 aliphatic rings. The molecule has 0 amide bonds. The van der Waals surface area contributed by atoms with E-state index in [0.29, 0.717) is 5.25 Å². The van der Waals surface area contributed by atoms with Crippen LogP contribution < -0.4 is 5.32 Å². The largest absolute Gasteiger partial charge is 0.396 e. The summed E-state index contributed by atoms with van der Waals surface area (Å²) in [6.45, 7) is 9.64. The van der Waals surface area contributed by atoms with Gasteiger partial charge in [0, 0.05) is 30.4 Å². The first-order chi connectivity index (χ1) is 9.62. The molecule has 0 saturated carbocycles. The number of aromatic nitrogens is 2. The number of nitrogens with one attached hydrogen (secondary N) is 1.